The molecule has 6 heteroatoms. The van der Waals surface area contributed by atoms with Crippen LogP contribution in [0.3, 0.4) is 0 Å². The fourth-order valence-electron chi connectivity index (χ4n) is 3.71. The first-order valence-electron chi connectivity index (χ1n) is 8.70. The molecule has 0 radical (unpaired) electrons. The molecule has 2 N–H and O–H groups in total. The Morgan fingerprint density at radius 2 is 1.54 bits per heavy atom. The van der Waals surface area contributed by atoms with Gasteiger partial charge in [0.05, 0.1) is 0 Å². The van der Waals surface area contributed by atoms with Crippen LogP contribution in [0.1, 0.15) is 54.2 Å². The van der Waals surface area contributed by atoms with Crippen LogP contribution in [0.25, 0.3) is 0 Å². The first-order chi connectivity index (χ1) is 12.4. The van der Waals surface area contributed by atoms with E-state index in [-0.39, 0.29) is 23.4 Å². The number of alkyl halides is 3. The minimum atomic E-state index is -4.68. The minimum absolute atomic E-state index is 0.172. The highest BCUT2D eigenvalue weighted by Crippen LogP contribution is 2.41. The first-order valence-corrected chi connectivity index (χ1v) is 8.70. The number of halogens is 4. The smallest absolute Gasteiger partial charge is 0.406 e. The molecule has 26 heavy (non-hydrogen) atoms. The Kier molecular flexibility index (Phi) is 5.51. The standard InChI is InChI=1S/C20H21F4NO/c21-19-11-13(12-25)1-10-18(19)16-4-2-14(3-5-16)15-6-8-17(9-7-15)26-20(22,23)24/h1,6-11,14,16H,2-5,12,25H2. The number of benzene rings is 2. The molecule has 1 saturated carbocycles. The van der Waals surface area contributed by atoms with Crippen molar-refractivity contribution in [3.63, 3.8) is 0 Å². The van der Waals surface area contributed by atoms with Gasteiger partial charge in [-0.05, 0) is 72.4 Å². The number of hydrogen-bond donors (Lipinski definition) is 1. The fraction of sp³-hybridized carbons (Fsp3) is 0.400. The van der Waals surface area contributed by atoms with Crippen molar-refractivity contribution < 1.29 is 22.3 Å². The topological polar surface area (TPSA) is 35.2 Å². The summed E-state index contributed by atoms with van der Waals surface area (Å²) in [5.74, 6) is 0.0329. The van der Waals surface area contributed by atoms with Gasteiger partial charge in [-0.15, -0.1) is 13.2 Å². The Hall–Kier alpha value is -2.08. The van der Waals surface area contributed by atoms with Crippen molar-refractivity contribution in [3.05, 3.63) is 65.0 Å². The molecule has 0 aromatic heterocycles. The Morgan fingerprint density at radius 3 is 2.08 bits per heavy atom. The van der Waals surface area contributed by atoms with Crippen molar-refractivity contribution in [3.8, 4) is 5.75 Å². The van der Waals surface area contributed by atoms with Gasteiger partial charge in [0.15, 0.2) is 0 Å². The summed E-state index contributed by atoms with van der Waals surface area (Å²) in [7, 11) is 0. The van der Waals surface area contributed by atoms with Gasteiger partial charge in [-0.1, -0.05) is 24.3 Å². The summed E-state index contributed by atoms with van der Waals surface area (Å²) in [4.78, 5) is 0. The van der Waals surface area contributed by atoms with E-state index in [0.717, 1.165) is 42.4 Å². The van der Waals surface area contributed by atoms with Crippen molar-refractivity contribution in [2.45, 2.75) is 50.4 Å². The van der Waals surface area contributed by atoms with Crippen LogP contribution in [0, 0.1) is 5.82 Å². The second-order valence-corrected chi connectivity index (χ2v) is 6.73. The maximum Gasteiger partial charge on any atom is 0.573 e. The van der Waals surface area contributed by atoms with E-state index >= 15 is 0 Å². The van der Waals surface area contributed by atoms with E-state index in [1.54, 1.807) is 12.1 Å². The molecule has 0 unspecified atom stereocenters. The summed E-state index contributed by atoms with van der Waals surface area (Å²) >= 11 is 0. The van der Waals surface area contributed by atoms with E-state index in [0.29, 0.717) is 6.54 Å². The molecule has 1 fully saturated rings. The molecule has 1 aliphatic carbocycles. The molecule has 140 valence electrons. The van der Waals surface area contributed by atoms with Crippen LogP contribution in [-0.4, -0.2) is 6.36 Å². The number of hydrogen-bond acceptors (Lipinski definition) is 2. The summed E-state index contributed by atoms with van der Waals surface area (Å²) < 4.78 is 54.8. The predicted octanol–water partition coefficient (Wildman–Crippen LogP) is 5.62. The van der Waals surface area contributed by atoms with Crippen molar-refractivity contribution >= 4 is 0 Å². The second kappa shape index (κ2) is 7.66. The summed E-state index contributed by atoms with van der Waals surface area (Å²) in [6, 6.07) is 11.3. The lowest BCUT2D eigenvalue weighted by Crippen LogP contribution is -2.17. The molecule has 1 aliphatic rings. The third kappa shape index (κ3) is 4.55. The zero-order valence-electron chi connectivity index (χ0n) is 14.2. The van der Waals surface area contributed by atoms with Gasteiger partial charge in [-0.3, -0.25) is 0 Å². The minimum Gasteiger partial charge on any atom is -0.406 e. The average Bonchev–Trinajstić information content (AvgIpc) is 2.61. The van der Waals surface area contributed by atoms with Gasteiger partial charge in [-0.25, -0.2) is 4.39 Å². The largest absolute Gasteiger partial charge is 0.573 e. The Balaban J connectivity index is 1.61. The molecule has 0 spiro atoms. The molecular weight excluding hydrogens is 346 g/mol. The van der Waals surface area contributed by atoms with Gasteiger partial charge in [0.1, 0.15) is 11.6 Å². The molecule has 2 aromatic carbocycles. The van der Waals surface area contributed by atoms with Crippen LogP contribution >= 0.6 is 0 Å². The highest BCUT2D eigenvalue weighted by molar-refractivity contribution is 5.31. The normalized spacial score (nSPS) is 20.8. The van der Waals surface area contributed by atoms with Crippen LogP contribution in [0.15, 0.2) is 42.5 Å². The summed E-state index contributed by atoms with van der Waals surface area (Å²) in [5.41, 5.74) is 8.04. The zero-order chi connectivity index (χ0) is 18.7. The van der Waals surface area contributed by atoms with Gasteiger partial charge in [0, 0.05) is 6.54 Å². The SMILES string of the molecule is NCc1ccc(C2CCC(c3ccc(OC(F)(F)F)cc3)CC2)c(F)c1. The van der Waals surface area contributed by atoms with Crippen molar-refractivity contribution in [1.82, 2.24) is 0 Å². The lowest BCUT2D eigenvalue weighted by molar-refractivity contribution is -0.274. The Bertz CT molecular complexity index is 734. The van der Waals surface area contributed by atoms with Crippen LogP contribution in [0.4, 0.5) is 17.6 Å². The monoisotopic (exact) mass is 367 g/mol. The molecule has 0 heterocycles. The molecule has 0 aliphatic heterocycles. The highest BCUT2D eigenvalue weighted by Gasteiger charge is 2.31. The third-order valence-corrected chi connectivity index (χ3v) is 5.05. The first kappa shape index (κ1) is 18.7. The summed E-state index contributed by atoms with van der Waals surface area (Å²) in [5, 5.41) is 0. The lowest BCUT2D eigenvalue weighted by Gasteiger charge is -2.29. The molecule has 2 nitrogen and oxygen atoms in total. The van der Waals surface area contributed by atoms with Crippen LogP contribution in [-0.2, 0) is 6.54 Å². The van der Waals surface area contributed by atoms with E-state index in [9.17, 15) is 17.6 Å². The fourth-order valence-corrected chi connectivity index (χ4v) is 3.71. The lowest BCUT2D eigenvalue weighted by atomic mass is 9.76. The third-order valence-electron chi connectivity index (χ3n) is 5.05. The maximum absolute atomic E-state index is 14.3. The highest BCUT2D eigenvalue weighted by atomic mass is 19.4. The van der Waals surface area contributed by atoms with E-state index in [4.69, 9.17) is 5.73 Å². The van der Waals surface area contributed by atoms with Gasteiger partial charge < -0.3 is 10.5 Å². The molecule has 2 aromatic rings. The summed E-state index contributed by atoms with van der Waals surface area (Å²) in [6.07, 6.45) is -1.22. The van der Waals surface area contributed by atoms with Crippen molar-refractivity contribution in [1.29, 1.82) is 0 Å². The number of nitrogens with two attached hydrogens (primary N) is 1. The van der Waals surface area contributed by atoms with Crippen molar-refractivity contribution in [2.24, 2.45) is 5.73 Å². The van der Waals surface area contributed by atoms with Gasteiger partial charge in [0.2, 0.25) is 0 Å². The Labute approximate surface area is 150 Å². The van der Waals surface area contributed by atoms with E-state index in [2.05, 4.69) is 4.74 Å². The molecular formula is C20H21F4NO. The van der Waals surface area contributed by atoms with Gasteiger partial charge in [-0.2, -0.15) is 0 Å². The molecule has 0 amide bonds. The predicted molar refractivity (Wildman–Crippen MR) is 91.4 cm³/mol. The van der Waals surface area contributed by atoms with Crippen LogP contribution < -0.4 is 10.5 Å². The van der Waals surface area contributed by atoms with Gasteiger partial charge >= 0.3 is 6.36 Å². The van der Waals surface area contributed by atoms with E-state index in [1.165, 1.54) is 18.2 Å². The molecule has 3 rings (SSSR count). The number of rotatable bonds is 4. The quantitative estimate of drug-likeness (QED) is 0.712. The van der Waals surface area contributed by atoms with E-state index < -0.39 is 6.36 Å². The Morgan fingerprint density at radius 1 is 0.923 bits per heavy atom. The van der Waals surface area contributed by atoms with Gasteiger partial charge in [0.25, 0.3) is 0 Å². The second-order valence-electron chi connectivity index (χ2n) is 6.73. The zero-order valence-corrected chi connectivity index (χ0v) is 14.2. The van der Waals surface area contributed by atoms with Crippen LogP contribution in [0.2, 0.25) is 0 Å². The number of ether oxygens (including phenoxy) is 1. The maximum atomic E-state index is 14.3. The summed E-state index contributed by atoms with van der Waals surface area (Å²) in [6.45, 7) is 0.317. The molecule has 0 saturated heterocycles. The molecule has 0 bridgehead atoms. The van der Waals surface area contributed by atoms with E-state index in [1.807, 2.05) is 12.1 Å². The van der Waals surface area contributed by atoms with Crippen LogP contribution in [0.5, 0.6) is 5.75 Å². The molecule has 0 atom stereocenters. The van der Waals surface area contributed by atoms with Crippen molar-refractivity contribution in [2.75, 3.05) is 0 Å². The average molecular weight is 367 g/mol.